The minimum Gasteiger partial charge on any atom is -0.288 e. The van der Waals surface area contributed by atoms with Crippen LogP contribution in [0.3, 0.4) is 0 Å². The molecule has 0 fully saturated rings. The van der Waals surface area contributed by atoms with Crippen molar-refractivity contribution in [3.8, 4) is 0 Å². The second kappa shape index (κ2) is 5.75. The predicted molar refractivity (Wildman–Crippen MR) is 48.5 cm³/mol. The van der Waals surface area contributed by atoms with Crippen LogP contribution >= 0.6 is 11.6 Å². The summed E-state index contributed by atoms with van der Waals surface area (Å²) >= 11 is 5.40. The van der Waals surface area contributed by atoms with Gasteiger partial charge >= 0.3 is 0 Å². The summed E-state index contributed by atoms with van der Waals surface area (Å²) in [5, 5.41) is 0. The molecule has 0 saturated carbocycles. The van der Waals surface area contributed by atoms with E-state index in [0.717, 1.165) is 4.47 Å². The van der Waals surface area contributed by atoms with Crippen molar-refractivity contribution < 1.29 is 13.3 Å². The SMILES string of the molecule is CON(C)S(=O)(=O)CCCCCl. The summed E-state index contributed by atoms with van der Waals surface area (Å²) in [6, 6.07) is 0. The van der Waals surface area contributed by atoms with Crippen LogP contribution in [-0.2, 0) is 14.9 Å². The van der Waals surface area contributed by atoms with Crippen LogP contribution in [0.2, 0.25) is 0 Å². The fourth-order valence-corrected chi connectivity index (χ4v) is 1.86. The minimum atomic E-state index is -3.23. The first-order chi connectivity index (χ1) is 5.54. The van der Waals surface area contributed by atoms with Crippen LogP contribution in [0.5, 0.6) is 0 Å². The zero-order valence-corrected chi connectivity index (χ0v) is 8.86. The van der Waals surface area contributed by atoms with Crippen LogP contribution in [0, 0.1) is 0 Å². The van der Waals surface area contributed by atoms with Gasteiger partial charge < -0.3 is 0 Å². The van der Waals surface area contributed by atoms with Crippen LogP contribution in [0.4, 0.5) is 0 Å². The predicted octanol–water partition coefficient (Wildman–Crippen LogP) is 0.828. The molecule has 0 radical (unpaired) electrons. The molecule has 0 aliphatic carbocycles. The molecule has 0 aliphatic heterocycles. The van der Waals surface area contributed by atoms with E-state index in [1.165, 1.54) is 14.2 Å². The number of hydroxylamine groups is 1. The first kappa shape index (κ1) is 12.2. The third-order valence-electron chi connectivity index (χ3n) is 1.43. The molecule has 74 valence electrons. The molecule has 0 saturated heterocycles. The Morgan fingerprint density at radius 2 is 2.00 bits per heavy atom. The summed E-state index contributed by atoms with van der Waals surface area (Å²) in [5.74, 6) is 0.580. The molecule has 0 rings (SSSR count). The molecule has 0 aromatic rings. The summed E-state index contributed by atoms with van der Waals surface area (Å²) in [5.41, 5.74) is 0. The lowest BCUT2D eigenvalue weighted by Crippen LogP contribution is -2.28. The lowest BCUT2D eigenvalue weighted by atomic mass is 10.4. The Morgan fingerprint density at radius 3 is 2.42 bits per heavy atom. The molecule has 4 nitrogen and oxygen atoms in total. The number of hydrogen-bond donors (Lipinski definition) is 0. The maximum absolute atomic E-state index is 11.2. The summed E-state index contributed by atoms with van der Waals surface area (Å²) in [7, 11) is -0.541. The molecule has 6 heteroatoms. The van der Waals surface area contributed by atoms with Gasteiger partial charge in [0, 0.05) is 12.9 Å². The van der Waals surface area contributed by atoms with E-state index in [2.05, 4.69) is 4.84 Å². The quantitative estimate of drug-likeness (QED) is 0.375. The third-order valence-corrected chi connectivity index (χ3v) is 3.44. The molecule has 0 aromatic heterocycles. The van der Waals surface area contributed by atoms with Crippen LogP contribution in [0.1, 0.15) is 12.8 Å². The van der Waals surface area contributed by atoms with E-state index in [9.17, 15) is 8.42 Å². The lowest BCUT2D eigenvalue weighted by Gasteiger charge is -2.13. The highest BCUT2D eigenvalue weighted by atomic mass is 35.5. The van der Waals surface area contributed by atoms with E-state index in [1.807, 2.05) is 0 Å². The Bertz CT molecular complexity index is 205. The fourth-order valence-electron chi connectivity index (χ4n) is 0.621. The van der Waals surface area contributed by atoms with Gasteiger partial charge in [-0.2, -0.15) is 0 Å². The van der Waals surface area contributed by atoms with Gasteiger partial charge in [0.05, 0.1) is 12.9 Å². The maximum atomic E-state index is 11.2. The zero-order valence-electron chi connectivity index (χ0n) is 7.29. The van der Waals surface area contributed by atoms with E-state index >= 15 is 0 Å². The molecule has 0 heterocycles. The number of rotatable bonds is 6. The van der Waals surface area contributed by atoms with Crippen molar-refractivity contribution in [3.63, 3.8) is 0 Å². The number of hydrogen-bond acceptors (Lipinski definition) is 3. The number of sulfonamides is 1. The summed E-state index contributed by atoms with van der Waals surface area (Å²) in [6.45, 7) is 0. The molecule has 0 N–H and O–H groups in total. The molecule has 0 aromatic carbocycles. The van der Waals surface area contributed by atoms with Gasteiger partial charge in [0.1, 0.15) is 0 Å². The minimum absolute atomic E-state index is 0.0874. The van der Waals surface area contributed by atoms with Crippen LogP contribution in [0.25, 0.3) is 0 Å². The van der Waals surface area contributed by atoms with Gasteiger partial charge in [-0.25, -0.2) is 8.42 Å². The molecule has 12 heavy (non-hydrogen) atoms. The van der Waals surface area contributed by atoms with Crippen molar-refractivity contribution in [2.75, 3.05) is 25.8 Å². The number of nitrogens with zero attached hydrogens (tertiary/aromatic N) is 1. The van der Waals surface area contributed by atoms with Gasteiger partial charge in [-0.1, -0.05) is 4.47 Å². The van der Waals surface area contributed by atoms with E-state index in [-0.39, 0.29) is 5.75 Å². The molecule has 0 aliphatic rings. The molecule has 0 unspecified atom stereocenters. The number of unbranched alkanes of at least 4 members (excludes halogenated alkanes) is 1. The van der Waals surface area contributed by atoms with Gasteiger partial charge in [-0.3, -0.25) is 4.84 Å². The first-order valence-corrected chi connectivity index (χ1v) is 5.75. The summed E-state index contributed by atoms with van der Waals surface area (Å²) < 4.78 is 23.3. The van der Waals surface area contributed by atoms with Gasteiger partial charge in [0.2, 0.25) is 10.0 Å². The number of alkyl halides is 1. The lowest BCUT2D eigenvalue weighted by molar-refractivity contribution is -0.0258. The smallest absolute Gasteiger partial charge is 0.235 e. The molecule has 0 bridgehead atoms. The third kappa shape index (κ3) is 4.25. The van der Waals surface area contributed by atoms with E-state index in [1.54, 1.807) is 0 Å². The molecular weight excluding hydrogens is 202 g/mol. The van der Waals surface area contributed by atoms with E-state index in [0.29, 0.717) is 18.7 Å². The Kier molecular flexibility index (Phi) is 5.82. The average molecular weight is 216 g/mol. The number of halogens is 1. The van der Waals surface area contributed by atoms with Crippen molar-refractivity contribution in [1.29, 1.82) is 0 Å². The Labute approximate surface area is 78.5 Å². The topological polar surface area (TPSA) is 46.6 Å². The average Bonchev–Trinajstić information content (AvgIpc) is 2.03. The highest BCUT2D eigenvalue weighted by Gasteiger charge is 2.16. The highest BCUT2D eigenvalue weighted by Crippen LogP contribution is 2.02. The first-order valence-electron chi connectivity index (χ1n) is 3.61. The zero-order chi connectivity index (χ0) is 9.61. The standard InChI is InChI=1S/C6H14ClNO3S/c1-8(11-2)12(9,10)6-4-3-5-7/h3-6H2,1-2H3. The van der Waals surface area contributed by atoms with Crippen LogP contribution in [0.15, 0.2) is 0 Å². The highest BCUT2D eigenvalue weighted by molar-refractivity contribution is 7.88. The van der Waals surface area contributed by atoms with Gasteiger partial charge in [0.15, 0.2) is 0 Å². The Balaban J connectivity index is 3.88. The summed E-state index contributed by atoms with van der Waals surface area (Å²) in [4.78, 5) is 4.56. The normalized spacial score (nSPS) is 12.3. The van der Waals surface area contributed by atoms with Gasteiger partial charge in [0.25, 0.3) is 0 Å². The molecule has 0 amide bonds. The van der Waals surface area contributed by atoms with Gasteiger partial charge in [-0.15, -0.1) is 11.6 Å². The Morgan fingerprint density at radius 1 is 1.42 bits per heavy atom. The van der Waals surface area contributed by atoms with Crippen LogP contribution < -0.4 is 0 Å². The summed E-state index contributed by atoms with van der Waals surface area (Å²) in [6.07, 6.45) is 1.28. The maximum Gasteiger partial charge on any atom is 0.235 e. The van der Waals surface area contributed by atoms with Gasteiger partial charge in [-0.05, 0) is 12.8 Å². The molecule has 0 spiro atoms. The molecular formula is C6H14ClNO3S. The van der Waals surface area contributed by atoms with E-state index < -0.39 is 10.0 Å². The van der Waals surface area contributed by atoms with Crippen molar-refractivity contribution in [3.05, 3.63) is 0 Å². The van der Waals surface area contributed by atoms with Crippen LogP contribution in [-0.4, -0.2) is 38.7 Å². The van der Waals surface area contributed by atoms with Crippen molar-refractivity contribution in [2.24, 2.45) is 0 Å². The fraction of sp³-hybridized carbons (Fsp3) is 1.00. The monoisotopic (exact) mass is 215 g/mol. The van der Waals surface area contributed by atoms with E-state index in [4.69, 9.17) is 11.6 Å². The Hall–Kier alpha value is 0.160. The largest absolute Gasteiger partial charge is 0.288 e. The van der Waals surface area contributed by atoms with Crippen molar-refractivity contribution in [1.82, 2.24) is 4.47 Å². The van der Waals surface area contributed by atoms with Crippen molar-refractivity contribution >= 4 is 21.6 Å². The van der Waals surface area contributed by atoms with Crippen molar-refractivity contribution in [2.45, 2.75) is 12.8 Å². The second-order valence-corrected chi connectivity index (χ2v) is 4.77. The second-order valence-electron chi connectivity index (χ2n) is 2.30. The molecule has 0 atom stereocenters.